The fourth-order valence-electron chi connectivity index (χ4n) is 4.58. The van der Waals surface area contributed by atoms with Crippen LogP contribution < -0.4 is 14.8 Å². The summed E-state index contributed by atoms with van der Waals surface area (Å²) >= 11 is 0. The highest BCUT2D eigenvalue weighted by Crippen LogP contribution is 2.31. The number of carbonyl (C=O) groups is 1. The van der Waals surface area contributed by atoms with Crippen molar-refractivity contribution in [3.8, 4) is 11.5 Å². The van der Waals surface area contributed by atoms with E-state index in [9.17, 15) is 4.79 Å². The van der Waals surface area contributed by atoms with Gasteiger partial charge in [-0.15, -0.1) is 0 Å². The molecule has 5 heteroatoms. The molecule has 0 spiro atoms. The standard InChI is InChI=1S/C27H36N2O3/c1-3-4-18-31-23-12-9-21(10-13-23)27(30)28-22-11-8-20-6-5-7-26(25(20)19-22)32-24-14-16-29(2)17-15-24/h5-7,9-10,12-13,22,24H,3-4,8,11,14-19H2,1-2H3,(H,28,30)/t22-/m1/s1. The van der Waals surface area contributed by atoms with Gasteiger partial charge in [0, 0.05) is 24.7 Å². The molecule has 4 rings (SSSR count). The second-order valence-electron chi connectivity index (χ2n) is 9.15. The summed E-state index contributed by atoms with van der Waals surface area (Å²) in [6.07, 6.45) is 7.30. The fourth-order valence-corrected chi connectivity index (χ4v) is 4.58. The van der Waals surface area contributed by atoms with Crippen LogP contribution >= 0.6 is 0 Å². The molecule has 1 atom stereocenters. The Hall–Kier alpha value is -2.53. The molecule has 1 saturated heterocycles. The molecule has 2 aromatic carbocycles. The van der Waals surface area contributed by atoms with Crippen molar-refractivity contribution in [1.82, 2.24) is 10.2 Å². The highest BCUT2D eigenvalue weighted by molar-refractivity contribution is 5.94. The Morgan fingerprint density at radius 1 is 1.09 bits per heavy atom. The molecule has 0 aromatic heterocycles. The van der Waals surface area contributed by atoms with Gasteiger partial charge in [0.2, 0.25) is 0 Å². The van der Waals surface area contributed by atoms with Crippen LogP contribution in [0.15, 0.2) is 42.5 Å². The number of nitrogens with one attached hydrogen (secondary N) is 1. The quantitative estimate of drug-likeness (QED) is 0.613. The molecule has 1 aliphatic heterocycles. The molecule has 1 heterocycles. The Balaban J connectivity index is 1.36. The number of rotatable bonds is 8. The van der Waals surface area contributed by atoms with Gasteiger partial charge in [-0.05, 0) is 87.0 Å². The number of hydrogen-bond donors (Lipinski definition) is 1. The van der Waals surface area contributed by atoms with E-state index in [1.54, 1.807) is 0 Å². The van der Waals surface area contributed by atoms with E-state index >= 15 is 0 Å². The highest BCUT2D eigenvalue weighted by Gasteiger charge is 2.25. The van der Waals surface area contributed by atoms with E-state index in [0.29, 0.717) is 12.2 Å². The smallest absolute Gasteiger partial charge is 0.251 e. The Morgan fingerprint density at radius 2 is 1.88 bits per heavy atom. The van der Waals surface area contributed by atoms with Crippen molar-refractivity contribution in [2.24, 2.45) is 0 Å². The number of carbonyl (C=O) groups excluding carboxylic acids is 1. The van der Waals surface area contributed by atoms with Crippen LogP contribution in [0.5, 0.6) is 11.5 Å². The summed E-state index contributed by atoms with van der Waals surface area (Å²) < 4.78 is 12.1. The van der Waals surface area contributed by atoms with Crippen molar-refractivity contribution in [2.45, 2.75) is 64.0 Å². The predicted octanol–water partition coefficient (Wildman–Crippen LogP) is 4.63. The highest BCUT2D eigenvalue weighted by atomic mass is 16.5. The lowest BCUT2D eigenvalue weighted by molar-refractivity contribution is 0.0931. The molecule has 1 aliphatic carbocycles. The average molecular weight is 437 g/mol. The average Bonchev–Trinajstić information content (AvgIpc) is 2.81. The fraction of sp³-hybridized carbons (Fsp3) is 0.519. The molecule has 5 nitrogen and oxygen atoms in total. The van der Waals surface area contributed by atoms with Crippen molar-refractivity contribution >= 4 is 5.91 Å². The molecular weight excluding hydrogens is 400 g/mol. The maximum Gasteiger partial charge on any atom is 0.251 e. The van der Waals surface area contributed by atoms with E-state index in [-0.39, 0.29) is 18.1 Å². The van der Waals surface area contributed by atoms with E-state index in [0.717, 1.165) is 69.5 Å². The van der Waals surface area contributed by atoms with Crippen molar-refractivity contribution < 1.29 is 14.3 Å². The number of nitrogens with zero attached hydrogens (tertiary/aromatic N) is 1. The van der Waals surface area contributed by atoms with E-state index in [1.165, 1.54) is 11.1 Å². The van der Waals surface area contributed by atoms with Gasteiger partial charge in [-0.2, -0.15) is 0 Å². The molecule has 0 saturated carbocycles. The minimum atomic E-state index is -0.0210. The summed E-state index contributed by atoms with van der Waals surface area (Å²) in [4.78, 5) is 15.2. The maximum atomic E-state index is 12.8. The van der Waals surface area contributed by atoms with Gasteiger partial charge in [0.05, 0.1) is 6.61 Å². The van der Waals surface area contributed by atoms with Crippen LogP contribution in [0.3, 0.4) is 0 Å². The molecule has 0 unspecified atom stereocenters. The number of piperidine rings is 1. The van der Waals surface area contributed by atoms with Gasteiger partial charge >= 0.3 is 0 Å². The lowest BCUT2D eigenvalue weighted by Gasteiger charge is -2.32. The van der Waals surface area contributed by atoms with Gasteiger partial charge in [-0.3, -0.25) is 4.79 Å². The maximum absolute atomic E-state index is 12.8. The lowest BCUT2D eigenvalue weighted by atomic mass is 9.87. The zero-order valence-electron chi connectivity index (χ0n) is 19.4. The van der Waals surface area contributed by atoms with E-state index in [1.807, 2.05) is 24.3 Å². The van der Waals surface area contributed by atoms with Gasteiger partial charge in [-0.1, -0.05) is 25.5 Å². The molecule has 32 heavy (non-hydrogen) atoms. The third-order valence-corrected chi connectivity index (χ3v) is 6.62. The van der Waals surface area contributed by atoms with Crippen LogP contribution in [0.4, 0.5) is 0 Å². The van der Waals surface area contributed by atoms with Crippen molar-refractivity contribution in [3.05, 3.63) is 59.2 Å². The summed E-state index contributed by atoms with van der Waals surface area (Å²) in [7, 11) is 2.17. The van der Waals surface area contributed by atoms with Gasteiger partial charge < -0.3 is 19.7 Å². The van der Waals surface area contributed by atoms with Crippen LogP contribution in [-0.4, -0.2) is 49.7 Å². The Kier molecular flexibility index (Phi) is 7.69. The number of unbranched alkanes of at least 4 members (excludes halogenated alkanes) is 1. The molecule has 0 radical (unpaired) electrons. The largest absolute Gasteiger partial charge is 0.494 e. The topological polar surface area (TPSA) is 50.8 Å². The van der Waals surface area contributed by atoms with Crippen LogP contribution in [0.1, 0.15) is 60.5 Å². The normalized spacial score (nSPS) is 19.2. The molecule has 1 amide bonds. The molecular formula is C27H36N2O3. The van der Waals surface area contributed by atoms with Crippen LogP contribution in [0.2, 0.25) is 0 Å². The summed E-state index contributed by atoms with van der Waals surface area (Å²) in [6.45, 7) is 5.03. The van der Waals surface area contributed by atoms with Crippen molar-refractivity contribution in [1.29, 1.82) is 0 Å². The van der Waals surface area contributed by atoms with Gasteiger partial charge in [0.15, 0.2) is 0 Å². The number of hydrogen-bond acceptors (Lipinski definition) is 4. The van der Waals surface area contributed by atoms with Gasteiger partial charge in [0.25, 0.3) is 5.91 Å². The Morgan fingerprint density at radius 3 is 2.62 bits per heavy atom. The monoisotopic (exact) mass is 436 g/mol. The molecule has 1 fully saturated rings. The predicted molar refractivity (Wildman–Crippen MR) is 128 cm³/mol. The molecule has 1 N–H and O–H groups in total. The lowest BCUT2D eigenvalue weighted by Crippen LogP contribution is -2.39. The Labute approximate surface area is 192 Å². The van der Waals surface area contributed by atoms with E-state index in [2.05, 4.69) is 42.4 Å². The first-order valence-electron chi connectivity index (χ1n) is 12.1. The SMILES string of the molecule is CCCCOc1ccc(C(=O)N[C@@H]2CCc3cccc(OC4CCN(C)CC4)c3C2)cc1. The molecule has 0 bridgehead atoms. The number of amides is 1. The summed E-state index contributed by atoms with van der Waals surface area (Å²) in [6, 6.07) is 14.0. The number of aryl methyl sites for hydroxylation is 1. The van der Waals surface area contributed by atoms with Crippen molar-refractivity contribution in [3.63, 3.8) is 0 Å². The zero-order chi connectivity index (χ0) is 22.3. The minimum Gasteiger partial charge on any atom is -0.494 e. The van der Waals surface area contributed by atoms with Crippen LogP contribution in [-0.2, 0) is 12.8 Å². The van der Waals surface area contributed by atoms with E-state index < -0.39 is 0 Å². The summed E-state index contributed by atoms with van der Waals surface area (Å²) in [5.41, 5.74) is 3.30. The third kappa shape index (κ3) is 5.83. The molecule has 2 aromatic rings. The van der Waals surface area contributed by atoms with Gasteiger partial charge in [0.1, 0.15) is 17.6 Å². The molecule has 172 valence electrons. The number of benzene rings is 2. The first kappa shape index (κ1) is 22.7. The molecule has 2 aliphatic rings. The number of fused-ring (bicyclic) bond motifs is 1. The summed E-state index contributed by atoms with van der Waals surface area (Å²) in [5, 5.41) is 3.24. The third-order valence-electron chi connectivity index (χ3n) is 6.62. The number of ether oxygens (including phenoxy) is 2. The van der Waals surface area contributed by atoms with E-state index in [4.69, 9.17) is 9.47 Å². The van der Waals surface area contributed by atoms with Crippen molar-refractivity contribution in [2.75, 3.05) is 26.7 Å². The first-order chi connectivity index (χ1) is 15.6. The summed E-state index contributed by atoms with van der Waals surface area (Å²) in [5.74, 6) is 1.80. The first-order valence-corrected chi connectivity index (χ1v) is 12.1. The second-order valence-corrected chi connectivity index (χ2v) is 9.15. The van der Waals surface area contributed by atoms with Crippen LogP contribution in [0, 0.1) is 0 Å². The van der Waals surface area contributed by atoms with Crippen LogP contribution in [0.25, 0.3) is 0 Å². The number of likely N-dealkylation sites (tertiary alicyclic amines) is 1. The Bertz CT molecular complexity index is 888. The zero-order valence-corrected chi connectivity index (χ0v) is 19.4. The second kappa shape index (κ2) is 10.9. The minimum absolute atomic E-state index is 0.0210. The van der Waals surface area contributed by atoms with Gasteiger partial charge in [-0.25, -0.2) is 0 Å².